The average molecular weight is 548 g/mol. The monoisotopic (exact) mass is 547 g/mol. The van der Waals surface area contributed by atoms with Gasteiger partial charge in [0.2, 0.25) is 0 Å². The van der Waals surface area contributed by atoms with Crippen molar-refractivity contribution in [2.24, 2.45) is 5.92 Å². The summed E-state index contributed by atoms with van der Waals surface area (Å²) in [6.07, 6.45) is 10.1. The summed E-state index contributed by atoms with van der Waals surface area (Å²) in [5.74, 6) is -2.47. The lowest BCUT2D eigenvalue weighted by atomic mass is 9.74. The second kappa shape index (κ2) is 12.6. The minimum absolute atomic E-state index is 0.0926. The largest absolute Gasteiger partial charge is 0.207 e. The molecule has 2 aliphatic carbocycles. The highest BCUT2D eigenvalue weighted by molar-refractivity contribution is 5.40. The Labute approximate surface area is 235 Å². The Hall–Kier alpha value is -3.13. The van der Waals surface area contributed by atoms with Gasteiger partial charge in [0, 0.05) is 5.56 Å². The van der Waals surface area contributed by atoms with Crippen molar-refractivity contribution in [3.05, 3.63) is 105 Å². The molecule has 210 valence electrons. The zero-order valence-electron chi connectivity index (χ0n) is 23.2. The molecule has 0 saturated heterocycles. The summed E-state index contributed by atoms with van der Waals surface area (Å²) in [6, 6.07) is 14.5. The highest BCUT2D eigenvalue weighted by Crippen LogP contribution is 2.44. The molecule has 2 aliphatic rings. The number of rotatable bonds is 8. The Morgan fingerprint density at radius 1 is 0.800 bits per heavy atom. The van der Waals surface area contributed by atoms with E-state index in [2.05, 4.69) is 31.2 Å². The summed E-state index contributed by atoms with van der Waals surface area (Å²) in [5, 5.41) is 8.92. The SMILES string of the molecule is CCCCc1ccc(CCC2CCc3c(cc(F)c(C4CCC(c5cc(F)c(C#N)c(F)c5)CC4)c3F)C2)cc1. The second-order valence-electron chi connectivity index (χ2n) is 11.8. The fourth-order valence-electron chi connectivity index (χ4n) is 6.84. The van der Waals surface area contributed by atoms with Gasteiger partial charge in [0.05, 0.1) is 0 Å². The van der Waals surface area contributed by atoms with Crippen LogP contribution in [0.2, 0.25) is 0 Å². The Kier molecular flexibility index (Phi) is 8.94. The molecule has 1 unspecified atom stereocenters. The molecule has 5 rings (SSSR count). The quantitative estimate of drug-likeness (QED) is 0.258. The van der Waals surface area contributed by atoms with Crippen LogP contribution in [-0.2, 0) is 25.7 Å². The number of hydrogen-bond donors (Lipinski definition) is 0. The van der Waals surface area contributed by atoms with E-state index in [0.29, 0.717) is 55.6 Å². The molecule has 0 aliphatic heterocycles. The van der Waals surface area contributed by atoms with Gasteiger partial charge in [-0.2, -0.15) is 5.26 Å². The van der Waals surface area contributed by atoms with Crippen LogP contribution < -0.4 is 0 Å². The molecule has 0 radical (unpaired) electrons. The third kappa shape index (κ3) is 6.12. The summed E-state index contributed by atoms with van der Waals surface area (Å²) < 4.78 is 59.4. The highest BCUT2D eigenvalue weighted by Gasteiger charge is 2.32. The van der Waals surface area contributed by atoms with E-state index in [9.17, 15) is 8.78 Å². The number of hydrogen-bond acceptors (Lipinski definition) is 1. The molecule has 0 heterocycles. The Bertz CT molecular complexity index is 1360. The average Bonchev–Trinajstić information content (AvgIpc) is 2.95. The predicted molar refractivity (Wildman–Crippen MR) is 150 cm³/mol. The van der Waals surface area contributed by atoms with Crippen LogP contribution in [0.4, 0.5) is 17.6 Å². The molecule has 1 saturated carbocycles. The first-order valence-electron chi connectivity index (χ1n) is 14.8. The van der Waals surface area contributed by atoms with Crippen LogP contribution >= 0.6 is 0 Å². The summed E-state index contributed by atoms with van der Waals surface area (Å²) >= 11 is 0. The summed E-state index contributed by atoms with van der Waals surface area (Å²) in [5.41, 5.74) is 4.31. The summed E-state index contributed by atoms with van der Waals surface area (Å²) in [7, 11) is 0. The number of benzene rings is 3. The Morgan fingerprint density at radius 2 is 1.43 bits per heavy atom. The topological polar surface area (TPSA) is 23.8 Å². The maximum Gasteiger partial charge on any atom is 0.144 e. The lowest BCUT2D eigenvalue weighted by Crippen LogP contribution is -2.20. The van der Waals surface area contributed by atoms with Crippen molar-refractivity contribution in [1.82, 2.24) is 0 Å². The van der Waals surface area contributed by atoms with Crippen molar-refractivity contribution in [2.75, 3.05) is 0 Å². The smallest absolute Gasteiger partial charge is 0.144 e. The van der Waals surface area contributed by atoms with E-state index in [1.165, 1.54) is 36.1 Å². The number of aryl methyl sites for hydroxylation is 2. The molecule has 40 heavy (non-hydrogen) atoms. The number of nitrogens with zero attached hydrogens (tertiary/aromatic N) is 1. The fraction of sp³-hybridized carbons (Fsp3) is 0.457. The van der Waals surface area contributed by atoms with E-state index in [1.807, 2.05) is 0 Å². The first-order chi connectivity index (χ1) is 19.4. The van der Waals surface area contributed by atoms with E-state index in [-0.39, 0.29) is 23.2 Å². The zero-order valence-corrected chi connectivity index (χ0v) is 23.2. The van der Waals surface area contributed by atoms with Gasteiger partial charge in [0.15, 0.2) is 0 Å². The maximum atomic E-state index is 15.7. The van der Waals surface area contributed by atoms with Crippen LogP contribution in [-0.4, -0.2) is 0 Å². The molecular formula is C35H37F4N. The van der Waals surface area contributed by atoms with Crippen molar-refractivity contribution in [2.45, 2.75) is 95.8 Å². The first-order valence-corrected chi connectivity index (χ1v) is 14.8. The minimum Gasteiger partial charge on any atom is -0.207 e. The Morgan fingerprint density at radius 3 is 2.05 bits per heavy atom. The summed E-state index contributed by atoms with van der Waals surface area (Å²) in [4.78, 5) is 0. The predicted octanol–water partition coefficient (Wildman–Crippen LogP) is 9.64. The van der Waals surface area contributed by atoms with Crippen molar-refractivity contribution in [3.63, 3.8) is 0 Å². The van der Waals surface area contributed by atoms with Crippen molar-refractivity contribution >= 4 is 0 Å². The Balaban J connectivity index is 1.21. The molecule has 0 bridgehead atoms. The maximum absolute atomic E-state index is 15.7. The molecule has 5 heteroatoms. The molecule has 1 fully saturated rings. The van der Waals surface area contributed by atoms with Crippen LogP contribution in [0.3, 0.4) is 0 Å². The molecule has 3 aromatic carbocycles. The minimum atomic E-state index is -0.856. The van der Waals surface area contributed by atoms with Gasteiger partial charge in [-0.1, -0.05) is 37.6 Å². The molecule has 0 spiro atoms. The molecule has 0 amide bonds. The first kappa shape index (κ1) is 28.4. The number of nitriles is 1. The van der Waals surface area contributed by atoms with Gasteiger partial charge in [-0.05, 0) is 134 Å². The number of unbranched alkanes of at least 4 members (excludes halogenated alkanes) is 1. The van der Waals surface area contributed by atoms with Crippen molar-refractivity contribution < 1.29 is 17.6 Å². The van der Waals surface area contributed by atoms with Crippen LogP contribution in [0.15, 0.2) is 42.5 Å². The van der Waals surface area contributed by atoms with Crippen LogP contribution in [0.5, 0.6) is 0 Å². The van der Waals surface area contributed by atoms with Crippen molar-refractivity contribution in [1.29, 1.82) is 5.26 Å². The van der Waals surface area contributed by atoms with Crippen molar-refractivity contribution in [3.8, 4) is 6.07 Å². The van der Waals surface area contributed by atoms with Gasteiger partial charge in [0.1, 0.15) is 34.9 Å². The van der Waals surface area contributed by atoms with Gasteiger partial charge < -0.3 is 0 Å². The molecular weight excluding hydrogens is 510 g/mol. The second-order valence-corrected chi connectivity index (χ2v) is 11.8. The van der Waals surface area contributed by atoms with E-state index in [1.54, 1.807) is 12.1 Å². The van der Waals surface area contributed by atoms with Crippen LogP contribution in [0.25, 0.3) is 0 Å². The van der Waals surface area contributed by atoms with E-state index < -0.39 is 23.0 Å². The van der Waals surface area contributed by atoms with Gasteiger partial charge in [-0.25, -0.2) is 17.6 Å². The van der Waals surface area contributed by atoms with E-state index in [4.69, 9.17) is 5.26 Å². The summed E-state index contributed by atoms with van der Waals surface area (Å²) in [6.45, 7) is 2.20. The molecule has 1 nitrogen and oxygen atoms in total. The van der Waals surface area contributed by atoms with Crippen LogP contribution in [0, 0.1) is 40.5 Å². The number of halogens is 4. The standard InChI is InChI=1S/C35H37F4N/c1-2-3-4-22-5-7-23(8-6-22)9-10-24-11-16-29-28(17-24)20-33(38)34(35(29)39)26-14-12-25(13-15-26)27-18-31(36)30(21-40)32(37)19-27/h5-8,18-20,24-26H,2-4,9-17H2,1H3. The normalized spacial score (nSPS) is 20.6. The third-order valence-corrected chi connectivity index (χ3v) is 9.22. The molecule has 0 N–H and O–H groups in total. The van der Waals surface area contributed by atoms with Crippen LogP contribution in [0.1, 0.15) is 109 Å². The highest BCUT2D eigenvalue weighted by atomic mass is 19.1. The van der Waals surface area contributed by atoms with E-state index in [0.717, 1.165) is 31.2 Å². The zero-order chi connectivity index (χ0) is 28.2. The third-order valence-electron chi connectivity index (χ3n) is 9.22. The van der Waals surface area contributed by atoms with Gasteiger partial charge >= 0.3 is 0 Å². The molecule has 1 atom stereocenters. The fourth-order valence-corrected chi connectivity index (χ4v) is 6.84. The van der Waals surface area contributed by atoms with Gasteiger partial charge in [-0.3, -0.25) is 0 Å². The molecule has 0 aromatic heterocycles. The van der Waals surface area contributed by atoms with E-state index >= 15 is 8.78 Å². The lowest BCUT2D eigenvalue weighted by molar-refractivity contribution is 0.368. The lowest BCUT2D eigenvalue weighted by Gasteiger charge is -2.32. The number of fused-ring (bicyclic) bond motifs is 1. The van der Waals surface area contributed by atoms with Gasteiger partial charge in [0.25, 0.3) is 0 Å². The molecule has 3 aromatic rings. The van der Waals surface area contributed by atoms with Gasteiger partial charge in [-0.15, -0.1) is 0 Å².